The maximum Gasteiger partial charge on any atom is 0.325 e. The zero-order chi connectivity index (χ0) is 19.3. The summed E-state index contributed by atoms with van der Waals surface area (Å²) in [4.78, 5) is 27.2. The molecule has 0 bridgehead atoms. The summed E-state index contributed by atoms with van der Waals surface area (Å²) in [5.41, 5.74) is -0.0142. The van der Waals surface area contributed by atoms with Crippen molar-refractivity contribution in [3.8, 4) is 12.1 Å². The van der Waals surface area contributed by atoms with E-state index in [1.807, 2.05) is 42.5 Å². The van der Waals surface area contributed by atoms with Crippen LogP contribution in [0.25, 0.3) is 0 Å². The van der Waals surface area contributed by atoms with Crippen molar-refractivity contribution in [3.63, 3.8) is 0 Å². The molecule has 1 unspecified atom stereocenters. The van der Waals surface area contributed by atoms with Gasteiger partial charge in [0.25, 0.3) is 5.91 Å². The number of hydrogen-bond acceptors (Lipinski definition) is 4. The van der Waals surface area contributed by atoms with E-state index in [2.05, 4.69) is 11.4 Å². The van der Waals surface area contributed by atoms with Gasteiger partial charge in [-0.1, -0.05) is 60.7 Å². The Hall–Kier alpha value is -3.64. The molecule has 3 rings (SSSR count). The number of nitrogens with zero attached hydrogens (tertiary/aromatic N) is 3. The third-order valence-corrected chi connectivity index (χ3v) is 4.71. The molecule has 1 saturated heterocycles. The van der Waals surface area contributed by atoms with Crippen molar-refractivity contribution in [2.24, 2.45) is 5.92 Å². The van der Waals surface area contributed by atoms with Gasteiger partial charge in [-0.15, -0.1) is 0 Å². The number of imide groups is 1. The van der Waals surface area contributed by atoms with Crippen molar-refractivity contribution in [2.75, 3.05) is 6.54 Å². The Labute approximate surface area is 157 Å². The van der Waals surface area contributed by atoms with Crippen LogP contribution in [0.2, 0.25) is 0 Å². The summed E-state index contributed by atoms with van der Waals surface area (Å²) in [7, 11) is 0. The predicted molar refractivity (Wildman–Crippen MR) is 97.9 cm³/mol. The molecule has 0 aromatic heterocycles. The summed E-state index contributed by atoms with van der Waals surface area (Å²) in [5.74, 6) is -0.996. The van der Waals surface area contributed by atoms with Gasteiger partial charge >= 0.3 is 6.03 Å². The number of nitrogens with one attached hydrogen (secondary N) is 1. The first-order valence-corrected chi connectivity index (χ1v) is 8.65. The highest BCUT2D eigenvalue weighted by Gasteiger charge is 2.53. The quantitative estimate of drug-likeness (QED) is 0.803. The Morgan fingerprint density at radius 2 is 1.52 bits per heavy atom. The predicted octanol–water partition coefficient (Wildman–Crippen LogP) is 2.93. The monoisotopic (exact) mass is 358 g/mol. The molecule has 0 aliphatic carbocycles. The van der Waals surface area contributed by atoms with Gasteiger partial charge in [0.1, 0.15) is 0 Å². The topological polar surface area (TPSA) is 97.0 Å². The number of hydrogen-bond donors (Lipinski definition) is 1. The second-order valence-corrected chi connectivity index (χ2v) is 6.35. The van der Waals surface area contributed by atoms with Crippen LogP contribution in [0.3, 0.4) is 0 Å². The van der Waals surface area contributed by atoms with E-state index < -0.39 is 23.4 Å². The number of rotatable bonds is 6. The summed E-state index contributed by atoms with van der Waals surface area (Å²) in [6.45, 7) is -0.0374. The number of urea groups is 1. The van der Waals surface area contributed by atoms with Crippen LogP contribution in [0.5, 0.6) is 0 Å². The summed E-state index contributed by atoms with van der Waals surface area (Å²) in [5, 5.41) is 20.9. The Morgan fingerprint density at radius 1 is 0.963 bits per heavy atom. The molecule has 6 nitrogen and oxygen atoms in total. The molecule has 1 N–H and O–H groups in total. The average molecular weight is 358 g/mol. The maximum atomic E-state index is 13.4. The second-order valence-electron chi connectivity index (χ2n) is 6.35. The first-order chi connectivity index (χ1) is 13.1. The molecular formula is C21H18N4O2. The van der Waals surface area contributed by atoms with Gasteiger partial charge in [-0.3, -0.25) is 9.69 Å². The SMILES string of the molecule is N#CCCC(C#N)CN1C(=O)NC(c2ccccc2)(c2ccccc2)C1=O. The van der Waals surface area contributed by atoms with Crippen LogP contribution in [0.15, 0.2) is 60.7 Å². The van der Waals surface area contributed by atoms with Crippen molar-refractivity contribution in [1.82, 2.24) is 10.2 Å². The standard InChI is InChI=1S/C21H18N4O2/c22-13-7-8-16(14-23)15-25-19(26)21(24-20(25)27,17-9-3-1-4-10-17)18-11-5-2-6-12-18/h1-6,9-12,16H,7-8,15H2,(H,24,27). The Bertz CT molecular complexity index is 873. The smallest absolute Gasteiger partial charge is 0.315 e. The minimum Gasteiger partial charge on any atom is -0.315 e. The van der Waals surface area contributed by atoms with E-state index >= 15 is 0 Å². The molecule has 6 heteroatoms. The third kappa shape index (κ3) is 3.26. The number of benzene rings is 2. The molecule has 134 valence electrons. The lowest BCUT2D eigenvalue weighted by Gasteiger charge is -2.28. The Kier molecular flexibility index (Phi) is 5.19. The molecule has 27 heavy (non-hydrogen) atoms. The normalized spacial score (nSPS) is 16.3. The number of amides is 3. The zero-order valence-electron chi connectivity index (χ0n) is 14.6. The summed E-state index contributed by atoms with van der Waals surface area (Å²) >= 11 is 0. The second kappa shape index (κ2) is 7.72. The highest BCUT2D eigenvalue weighted by molar-refractivity contribution is 6.09. The van der Waals surface area contributed by atoms with Gasteiger partial charge < -0.3 is 5.32 Å². The van der Waals surface area contributed by atoms with Crippen LogP contribution in [-0.2, 0) is 10.3 Å². The molecule has 0 radical (unpaired) electrons. The van der Waals surface area contributed by atoms with Gasteiger partial charge in [-0.2, -0.15) is 10.5 Å². The molecule has 3 amide bonds. The molecule has 1 fully saturated rings. The summed E-state index contributed by atoms with van der Waals surface area (Å²) in [6.07, 6.45) is 0.512. The van der Waals surface area contributed by atoms with Gasteiger partial charge in [0.05, 0.1) is 18.1 Å². The lowest BCUT2D eigenvalue weighted by molar-refractivity contribution is -0.130. The third-order valence-electron chi connectivity index (χ3n) is 4.71. The van der Waals surface area contributed by atoms with E-state index in [4.69, 9.17) is 5.26 Å². The van der Waals surface area contributed by atoms with Crippen LogP contribution in [0.4, 0.5) is 4.79 Å². The summed E-state index contributed by atoms with van der Waals surface area (Å²) < 4.78 is 0. The minimum atomic E-state index is -1.32. The van der Waals surface area contributed by atoms with E-state index in [0.717, 1.165) is 4.90 Å². The molecule has 1 heterocycles. The Morgan fingerprint density at radius 3 is 2.00 bits per heavy atom. The van der Waals surface area contributed by atoms with E-state index in [9.17, 15) is 14.9 Å². The van der Waals surface area contributed by atoms with Crippen LogP contribution in [0.1, 0.15) is 24.0 Å². The van der Waals surface area contributed by atoms with Crippen molar-refractivity contribution in [1.29, 1.82) is 10.5 Å². The van der Waals surface area contributed by atoms with Crippen LogP contribution < -0.4 is 5.32 Å². The summed E-state index contributed by atoms with van der Waals surface area (Å²) in [6, 6.07) is 21.7. The fraction of sp³-hybridized carbons (Fsp3) is 0.238. The fourth-order valence-electron chi connectivity index (χ4n) is 3.33. The van der Waals surface area contributed by atoms with Crippen LogP contribution >= 0.6 is 0 Å². The molecule has 0 spiro atoms. The van der Waals surface area contributed by atoms with Gasteiger partial charge in [-0.25, -0.2) is 4.79 Å². The largest absolute Gasteiger partial charge is 0.325 e. The van der Waals surface area contributed by atoms with Crippen LogP contribution in [-0.4, -0.2) is 23.4 Å². The van der Waals surface area contributed by atoms with Crippen molar-refractivity contribution >= 4 is 11.9 Å². The minimum absolute atomic E-state index is 0.0374. The van der Waals surface area contributed by atoms with Crippen molar-refractivity contribution in [2.45, 2.75) is 18.4 Å². The van der Waals surface area contributed by atoms with E-state index in [1.165, 1.54) is 0 Å². The average Bonchev–Trinajstić information content (AvgIpc) is 2.97. The van der Waals surface area contributed by atoms with Gasteiger partial charge in [0.15, 0.2) is 5.54 Å². The first-order valence-electron chi connectivity index (χ1n) is 8.65. The van der Waals surface area contributed by atoms with Crippen molar-refractivity contribution < 1.29 is 9.59 Å². The first kappa shape index (κ1) is 18.2. The zero-order valence-corrected chi connectivity index (χ0v) is 14.6. The molecule has 2 aromatic rings. The lowest BCUT2D eigenvalue weighted by Crippen LogP contribution is -2.45. The lowest BCUT2D eigenvalue weighted by atomic mass is 9.82. The van der Waals surface area contributed by atoms with Crippen LogP contribution in [0, 0.1) is 28.6 Å². The number of carbonyl (C=O) groups excluding carboxylic acids is 2. The molecule has 1 aliphatic heterocycles. The molecule has 0 saturated carbocycles. The van der Waals surface area contributed by atoms with E-state index in [-0.39, 0.29) is 13.0 Å². The molecule has 1 atom stereocenters. The number of carbonyl (C=O) groups is 2. The van der Waals surface area contributed by atoms with Gasteiger partial charge in [-0.05, 0) is 17.5 Å². The molecule has 2 aromatic carbocycles. The molecule has 1 aliphatic rings. The maximum absolute atomic E-state index is 13.4. The fourth-order valence-corrected chi connectivity index (χ4v) is 3.33. The van der Waals surface area contributed by atoms with Crippen molar-refractivity contribution in [3.05, 3.63) is 71.8 Å². The van der Waals surface area contributed by atoms with E-state index in [1.54, 1.807) is 24.3 Å². The Balaban J connectivity index is 2.02. The number of nitriles is 2. The van der Waals surface area contributed by atoms with Gasteiger partial charge in [0.2, 0.25) is 0 Å². The highest BCUT2D eigenvalue weighted by atomic mass is 16.2. The van der Waals surface area contributed by atoms with Gasteiger partial charge in [0, 0.05) is 13.0 Å². The molecular weight excluding hydrogens is 340 g/mol. The highest BCUT2D eigenvalue weighted by Crippen LogP contribution is 2.36. The van der Waals surface area contributed by atoms with E-state index in [0.29, 0.717) is 17.5 Å².